The summed E-state index contributed by atoms with van der Waals surface area (Å²) in [5.74, 6) is -1.55. The van der Waals surface area contributed by atoms with Crippen LogP contribution in [0.4, 0.5) is 5.13 Å². The maximum absolute atomic E-state index is 11.8. The number of carboxylic acids is 1. The van der Waals surface area contributed by atoms with E-state index < -0.39 is 17.4 Å². The first-order valence-electron chi connectivity index (χ1n) is 5.22. The van der Waals surface area contributed by atoms with Crippen molar-refractivity contribution in [3.8, 4) is 0 Å². The standard InChI is InChI=1S/C10H15N3O3S/c1-3-10(4-2,8(15)16)13-7(14)6-5-17-9(11)12-6/h5H,3-4H2,1-2H3,(H2,11,12)(H,13,14)(H,15,16). The van der Waals surface area contributed by atoms with Crippen molar-refractivity contribution in [1.29, 1.82) is 0 Å². The quantitative estimate of drug-likeness (QED) is 0.732. The molecular weight excluding hydrogens is 242 g/mol. The SMILES string of the molecule is CCC(CC)(NC(=O)c1csc(N)n1)C(=O)O. The minimum Gasteiger partial charge on any atom is -0.480 e. The molecule has 0 bridgehead atoms. The molecule has 0 fully saturated rings. The van der Waals surface area contributed by atoms with Crippen LogP contribution in [-0.4, -0.2) is 27.5 Å². The smallest absolute Gasteiger partial charge is 0.329 e. The topological polar surface area (TPSA) is 105 Å². The number of hydrogen-bond donors (Lipinski definition) is 3. The lowest BCUT2D eigenvalue weighted by atomic mass is 9.93. The van der Waals surface area contributed by atoms with Crippen LogP contribution in [0, 0.1) is 0 Å². The van der Waals surface area contributed by atoms with Gasteiger partial charge in [-0.25, -0.2) is 9.78 Å². The number of nitrogens with zero attached hydrogens (tertiary/aromatic N) is 1. The number of carbonyl (C=O) groups excluding carboxylic acids is 1. The first-order valence-corrected chi connectivity index (χ1v) is 6.10. The molecule has 1 heterocycles. The van der Waals surface area contributed by atoms with E-state index in [1.54, 1.807) is 13.8 Å². The summed E-state index contributed by atoms with van der Waals surface area (Å²) in [6.45, 7) is 3.43. The van der Waals surface area contributed by atoms with E-state index in [0.717, 1.165) is 11.3 Å². The van der Waals surface area contributed by atoms with Crippen LogP contribution in [0.1, 0.15) is 37.2 Å². The van der Waals surface area contributed by atoms with Gasteiger partial charge in [-0.15, -0.1) is 11.3 Å². The molecule has 7 heteroatoms. The Bertz CT molecular complexity index is 426. The average Bonchev–Trinajstić information content (AvgIpc) is 2.72. The summed E-state index contributed by atoms with van der Waals surface area (Å²) >= 11 is 1.14. The van der Waals surface area contributed by atoms with Gasteiger partial charge in [0, 0.05) is 5.38 Å². The molecule has 17 heavy (non-hydrogen) atoms. The molecule has 0 saturated heterocycles. The zero-order valence-corrected chi connectivity index (χ0v) is 10.5. The summed E-state index contributed by atoms with van der Waals surface area (Å²) in [6.07, 6.45) is 0.619. The van der Waals surface area contributed by atoms with Gasteiger partial charge in [-0.3, -0.25) is 4.79 Å². The van der Waals surface area contributed by atoms with Crippen molar-refractivity contribution < 1.29 is 14.7 Å². The average molecular weight is 257 g/mol. The first kappa shape index (κ1) is 13.4. The number of hydrogen-bond acceptors (Lipinski definition) is 5. The Hall–Kier alpha value is -1.63. The number of nitrogens with two attached hydrogens (primary N) is 1. The summed E-state index contributed by atoms with van der Waals surface area (Å²) < 4.78 is 0. The molecule has 4 N–H and O–H groups in total. The van der Waals surface area contributed by atoms with Gasteiger partial charge in [0.25, 0.3) is 5.91 Å². The van der Waals surface area contributed by atoms with E-state index in [1.807, 2.05) is 0 Å². The van der Waals surface area contributed by atoms with Gasteiger partial charge >= 0.3 is 5.97 Å². The molecule has 0 saturated carbocycles. The number of anilines is 1. The fourth-order valence-electron chi connectivity index (χ4n) is 1.46. The van der Waals surface area contributed by atoms with Crippen molar-refractivity contribution in [2.75, 3.05) is 5.73 Å². The summed E-state index contributed by atoms with van der Waals surface area (Å²) in [5, 5.41) is 13.5. The lowest BCUT2D eigenvalue weighted by Gasteiger charge is -2.27. The van der Waals surface area contributed by atoms with E-state index in [-0.39, 0.29) is 10.8 Å². The highest BCUT2D eigenvalue weighted by atomic mass is 32.1. The molecule has 0 unspecified atom stereocenters. The maximum Gasteiger partial charge on any atom is 0.329 e. The molecule has 0 atom stereocenters. The summed E-state index contributed by atoms with van der Waals surface area (Å²) in [5.41, 5.74) is 4.33. The van der Waals surface area contributed by atoms with Crippen LogP contribution in [0.5, 0.6) is 0 Å². The third-order valence-electron chi connectivity index (χ3n) is 2.72. The lowest BCUT2D eigenvalue weighted by Crippen LogP contribution is -2.53. The van der Waals surface area contributed by atoms with Gasteiger partial charge in [0.1, 0.15) is 11.2 Å². The van der Waals surface area contributed by atoms with Crippen molar-refractivity contribution in [1.82, 2.24) is 10.3 Å². The number of aliphatic carboxylic acids is 1. The molecule has 1 aromatic rings. The molecule has 1 amide bonds. The molecule has 0 spiro atoms. The third kappa shape index (κ3) is 2.73. The molecule has 0 aliphatic carbocycles. The number of nitrogens with one attached hydrogen (secondary N) is 1. The molecule has 1 aromatic heterocycles. The summed E-state index contributed by atoms with van der Waals surface area (Å²) in [7, 11) is 0. The van der Waals surface area contributed by atoms with Crippen LogP contribution in [0.15, 0.2) is 5.38 Å². The van der Waals surface area contributed by atoms with Gasteiger partial charge in [0.15, 0.2) is 5.13 Å². The fourth-order valence-corrected chi connectivity index (χ4v) is 2.00. The van der Waals surface area contributed by atoms with Crippen LogP contribution in [0.25, 0.3) is 0 Å². The highest BCUT2D eigenvalue weighted by Gasteiger charge is 2.36. The van der Waals surface area contributed by atoms with Gasteiger partial charge in [-0.2, -0.15) is 0 Å². The van der Waals surface area contributed by atoms with Crippen molar-refractivity contribution in [3.63, 3.8) is 0 Å². The minimum absolute atomic E-state index is 0.153. The molecule has 94 valence electrons. The van der Waals surface area contributed by atoms with E-state index in [4.69, 9.17) is 10.8 Å². The fraction of sp³-hybridized carbons (Fsp3) is 0.500. The van der Waals surface area contributed by atoms with Crippen LogP contribution in [0.3, 0.4) is 0 Å². The number of carbonyl (C=O) groups is 2. The zero-order valence-electron chi connectivity index (χ0n) is 9.69. The number of nitrogen functional groups attached to an aromatic ring is 1. The number of rotatable bonds is 5. The van der Waals surface area contributed by atoms with Gasteiger partial charge in [0.2, 0.25) is 0 Å². The Morgan fingerprint density at radius 3 is 2.47 bits per heavy atom. The van der Waals surface area contributed by atoms with Gasteiger partial charge < -0.3 is 16.2 Å². The van der Waals surface area contributed by atoms with Crippen LogP contribution < -0.4 is 11.1 Å². The Labute approximate surface area is 103 Å². The normalized spacial score (nSPS) is 11.2. The Morgan fingerprint density at radius 1 is 1.53 bits per heavy atom. The van der Waals surface area contributed by atoms with Gasteiger partial charge in [0.05, 0.1) is 0 Å². The van der Waals surface area contributed by atoms with Crippen LogP contribution >= 0.6 is 11.3 Å². The van der Waals surface area contributed by atoms with E-state index in [2.05, 4.69) is 10.3 Å². The van der Waals surface area contributed by atoms with E-state index in [0.29, 0.717) is 12.8 Å². The monoisotopic (exact) mass is 257 g/mol. The molecule has 1 rings (SSSR count). The second kappa shape index (κ2) is 5.13. The van der Waals surface area contributed by atoms with E-state index in [9.17, 15) is 9.59 Å². The second-order valence-corrected chi connectivity index (χ2v) is 4.51. The van der Waals surface area contributed by atoms with Crippen LogP contribution in [-0.2, 0) is 4.79 Å². The zero-order chi connectivity index (χ0) is 13.1. The second-order valence-electron chi connectivity index (χ2n) is 3.62. The largest absolute Gasteiger partial charge is 0.480 e. The van der Waals surface area contributed by atoms with Crippen molar-refractivity contribution in [2.24, 2.45) is 0 Å². The molecule has 0 aliphatic heterocycles. The summed E-state index contributed by atoms with van der Waals surface area (Å²) in [4.78, 5) is 26.8. The number of amides is 1. The van der Waals surface area contributed by atoms with E-state index >= 15 is 0 Å². The van der Waals surface area contributed by atoms with Crippen LogP contribution in [0.2, 0.25) is 0 Å². The highest BCUT2D eigenvalue weighted by molar-refractivity contribution is 7.13. The predicted octanol–water partition coefficient (Wildman–Crippen LogP) is 1.10. The molecule has 0 radical (unpaired) electrons. The third-order valence-corrected chi connectivity index (χ3v) is 3.40. The van der Waals surface area contributed by atoms with E-state index in [1.165, 1.54) is 5.38 Å². The molecule has 6 nitrogen and oxygen atoms in total. The van der Waals surface area contributed by atoms with Crippen molar-refractivity contribution in [3.05, 3.63) is 11.1 Å². The lowest BCUT2D eigenvalue weighted by molar-refractivity contribution is -0.144. The number of thiazole rings is 1. The summed E-state index contributed by atoms with van der Waals surface area (Å²) in [6, 6.07) is 0. The Kier molecular flexibility index (Phi) is 4.06. The van der Waals surface area contributed by atoms with Crippen molar-refractivity contribution >= 4 is 28.3 Å². The number of aromatic nitrogens is 1. The molecule has 0 aliphatic rings. The number of carboxylic acid groups (broad SMARTS) is 1. The van der Waals surface area contributed by atoms with Crippen molar-refractivity contribution in [2.45, 2.75) is 32.2 Å². The molecule has 0 aromatic carbocycles. The predicted molar refractivity (Wildman–Crippen MR) is 64.9 cm³/mol. The van der Waals surface area contributed by atoms with Gasteiger partial charge in [-0.1, -0.05) is 13.8 Å². The Morgan fingerprint density at radius 2 is 2.12 bits per heavy atom. The minimum atomic E-state index is -1.24. The van der Waals surface area contributed by atoms with Gasteiger partial charge in [-0.05, 0) is 12.8 Å². The Balaban J connectivity index is 2.88. The highest BCUT2D eigenvalue weighted by Crippen LogP contribution is 2.17. The molecular formula is C10H15N3O3S. The maximum atomic E-state index is 11.8. The first-order chi connectivity index (χ1) is 7.95.